The summed E-state index contributed by atoms with van der Waals surface area (Å²) in [7, 11) is -3.52. The van der Waals surface area contributed by atoms with Crippen molar-refractivity contribution in [2.24, 2.45) is 5.41 Å². The largest absolute Gasteiger partial charge is 0.507 e. The quantitative estimate of drug-likeness (QED) is 0.690. The number of thioether (sulfide) groups is 1. The molecule has 0 bridgehead atoms. The minimum absolute atomic E-state index is 0.0253. The van der Waals surface area contributed by atoms with Crippen LogP contribution in [0, 0.1) is 5.41 Å². The van der Waals surface area contributed by atoms with E-state index in [1.165, 1.54) is 17.8 Å². The van der Waals surface area contributed by atoms with Gasteiger partial charge in [-0.1, -0.05) is 38.5 Å². The summed E-state index contributed by atoms with van der Waals surface area (Å²) in [5.74, 6) is 0.135. The Morgan fingerprint density at radius 2 is 1.89 bits per heavy atom. The van der Waals surface area contributed by atoms with Crippen molar-refractivity contribution in [3.8, 4) is 5.75 Å². The van der Waals surface area contributed by atoms with Crippen molar-refractivity contribution in [3.63, 3.8) is 0 Å². The number of nitrogens with zero attached hydrogens (tertiary/aromatic N) is 1. The number of phenolic OH excluding ortho intramolecular Hbond substituents is 1. The molecule has 6 heteroatoms. The minimum atomic E-state index is -3.52. The van der Waals surface area contributed by atoms with Gasteiger partial charge in [-0.15, -0.1) is 11.8 Å². The van der Waals surface area contributed by atoms with Crippen LogP contribution in [0.25, 0.3) is 0 Å². The predicted octanol–water partition coefficient (Wildman–Crippen LogP) is 5.24. The van der Waals surface area contributed by atoms with Gasteiger partial charge in [0.15, 0.2) is 9.84 Å². The fraction of sp³-hybridized carbons (Fsp3) is 0.429. The normalized spacial score (nSPS) is 21.5. The number of rotatable bonds is 5. The van der Waals surface area contributed by atoms with E-state index in [9.17, 15) is 13.5 Å². The summed E-state index contributed by atoms with van der Waals surface area (Å²) in [6.45, 7) is 4.83. The second-order valence-electron chi connectivity index (χ2n) is 7.28. The molecule has 0 saturated carbocycles. The second kappa shape index (κ2) is 7.76. The van der Waals surface area contributed by atoms with Crippen molar-refractivity contribution in [1.29, 1.82) is 0 Å². The molecule has 2 aromatic carbocycles. The van der Waals surface area contributed by atoms with E-state index in [1.54, 1.807) is 0 Å². The van der Waals surface area contributed by atoms with Crippen LogP contribution in [0.5, 0.6) is 5.75 Å². The lowest BCUT2D eigenvalue weighted by Gasteiger charge is -2.36. The third-order valence-corrected chi connectivity index (χ3v) is 8.23. The van der Waals surface area contributed by atoms with Crippen LogP contribution in [0.2, 0.25) is 0 Å². The number of fused-ring (bicyclic) bond motifs is 1. The lowest BCUT2D eigenvalue weighted by Crippen LogP contribution is -2.37. The van der Waals surface area contributed by atoms with E-state index in [4.69, 9.17) is 0 Å². The highest BCUT2D eigenvalue weighted by molar-refractivity contribution is 7.98. The molecule has 0 fully saturated rings. The summed E-state index contributed by atoms with van der Waals surface area (Å²) in [6.07, 6.45) is 4.46. The maximum absolute atomic E-state index is 13.3. The topological polar surface area (TPSA) is 57.6 Å². The van der Waals surface area contributed by atoms with E-state index in [0.717, 1.165) is 24.9 Å². The number of benzene rings is 2. The van der Waals surface area contributed by atoms with Crippen LogP contribution in [0.4, 0.5) is 11.4 Å². The Hall–Kier alpha value is -1.66. The number of para-hydroxylation sites is 1. The van der Waals surface area contributed by atoms with Gasteiger partial charge in [0.2, 0.25) is 0 Å². The van der Waals surface area contributed by atoms with Gasteiger partial charge in [0, 0.05) is 23.7 Å². The van der Waals surface area contributed by atoms with Crippen LogP contribution < -0.4 is 4.90 Å². The average Bonchev–Trinajstić information content (AvgIpc) is 2.75. The fourth-order valence-electron chi connectivity index (χ4n) is 4.02. The number of phenols is 1. The van der Waals surface area contributed by atoms with E-state index in [2.05, 4.69) is 18.7 Å². The number of sulfone groups is 1. The van der Waals surface area contributed by atoms with Crippen molar-refractivity contribution < 1.29 is 13.5 Å². The molecule has 2 aromatic rings. The van der Waals surface area contributed by atoms with Crippen LogP contribution in [0.1, 0.15) is 33.1 Å². The standard InChI is InChI=1S/C21H27NO3S2/c1-4-11-21(5-2)14-22(16-9-7-6-8-10-16)17-12-19(26-3)18(23)13-20(17)27(24,25)15-21/h6-10,12-13,23H,4-5,11,14-15H2,1-3H3/t21-/m0/s1. The smallest absolute Gasteiger partial charge is 0.181 e. The molecule has 1 heterocycles. The van der Waals surface area contributed by atoms with Crippen LogP contribution in [0.3, 0.4) is 0 Å². The molecule has 1 N–H and O–H groups in total. The Morgan fingerprint density at radius 3 is 2.48 bits per heavy atom. The van der Waals surface area contributed by atoms with Crippen LogP contribution in [-0.2, 0) is 9.84 Å². The monoisotopic (exact) mass is 405 g/mol. The maximum Gasteiger partial charge on any atom is 0.181 e. The number of hydrogen-bond acceptors (Lipinski definition) is 5. The average molecular weight is 406 g/mol. The van der Waals surface area contributed by atoms with Crippen LogP contribution in [0.15, 0.2) is 52.3 Å². The highest BCUT2D eigenvalue weighted by atomic mass is 32.2. The number of aromatic hydroxyl groups is 1. The van der Waals surface area contributed by atoms with Gasteiger partial charge in [-0.2, -0.15) is 0 Å². The number of anilines is 2. The first-order valence-electron chi connectivity index (χ1n) is 9.32. The lowest BCUT2D eigenvalue weighted by atomic mass is 9.82. The van der Waals surface area contributed by atoms with E-state index in [0.29, 0.717) is 17.1 Å². The summed E-state index contributed by atoms with van der Waals surface area (Å²) in [4.78, 5) is 3.04. The molecule has 1 aliphatic heterocycles. The van der Waals surface area contributed by atoms with E-state index >= 15 is 0 Å². The zero-order chi connectivity index (χ0) is 19.7. The predicted molar refractivity (Wildman–Crippen MR) is 113 cm³/mol. The summed E-state index contributed by atoms with van der Waals surface area (Å²) < 4.78 is 26.7. The second-order valence-corrected chi connectivity index (χ2v) is 10.1. The van der Waals surface area contributed by atoms with Crippen LogP contribution in [-0.4, -0.2) is 32.1 Å². The molecule has 0 saturated heterocycles. The van der Waals surface area contributed by atoms with Crippen molar-refractivity contribution in [1.82, 2.24) is 0 Å². The molecule has 0 unspecified atom stereocenters. The minimum Gasteiger partial charge on any atom is -0.507 e. The molecule has 1 aliphatic rings. The van der Waals surface area contributed by atoms with Gasteiger partial charge >= 0.3 is 0 Å². The fourth-order valence-corrected chi connectivity index (χ4v) is 6.70. The summed E-state index contributed by atoms with van der Waals surface area (Å²) in [5.41, 5.74) is 1.31. The Labute approximate surface area is 166 Å². The first-order chi connectivity index (χ1) is 12.9. The van der Waals surface area contributed by atoms with Gasteiger partial charge in [0.05, 0.1) is 21.2 Å². The van der Waals surface area contributed by atoms with Gasteiger partial charge in [0.1, 0.15) is 5.75 Å². The molecular weight excluding hydrogens is 378 g/mol. The third kappa shape index (κ3) is 3.83. The van der Waals surface area contributed by atoms with E-state index in [1.807, 2.05) is 42.7 Å². The molecule has 0 aliphatic carbocycles. The summed E-state index contributed by atoms with van der Waals surface area (Å²) >= 11 is 1.42. The van der Waals surface area contributed by atoms with Gasteiger partial charge in [0.25, 0.3) is 0 Å². The number of hydrogen-bond donors (Lipinski definition) is 1. The highest BCUT2D eigenvalue weighted by Crippen LogP contribution is 2.46. The highest BCUT2D eigenvalue weighted by Gasteiger charge is 2.41. The van der Waals surface area contributed by atoms with Crippen molar-refractivity contribution in [2.45, 2.75) is 42.9 Å². The van der Waals surface area contributed by atoms with E-state index < -0.39 is 9.84 Å². The van der Waals surface area contributed by atoms with Crippen LogP contribution >= 0.6 is 11.8 Å². The van der Waals surface area contributed by atoms with Crippen molar-refractivity contribution in [3.05, 3.63) is 42.5 Å². The lowest BCUT2D eigenvalue weighted by molar-refractivity contribution is 0.296. The molecule has 0 aromatic heterocycles. The van der Waals surface area contributed by atoms with Gasteiger partial charge in [-0.25, -0.2) is 8.42 Å². The molecule has 0 radical (unpaired) electrons. The van der Waals surface area contributed by atoms with E-state index in [-0.39, 0.29) is 21.8 Å². The Bertz CT molecular complexity index is 913. The maximum atomic E-state index is 13.3. The zero-order valence-electron chi connectivity index (χ0n) is 16.1. The Balaban J connectivity index is 2.29. The SMILES string of the molecule is CCC[C@@]1(CC)CN(c2ccccc2)c2cc(SC)c(O)cc2S(=O)(=O)C1. The first kappa shape index (κ1) is 20.1. The third-order valence-electron chi connectivity index (χ3n) is 5.47. The Kier molecular flexibility index (Phi) is 5.77. The Morgan fingerprint density at radius 1 is 1.19 bits per heavy atom. The van der Waals surface area contributed by atoms with Crippen molar-refractivity contribution in [2.75, 3.05) is 23.5 Å². The molecule has 146 valence electrons. The molecule has 3 rings (SSSR count). The van der Waals surface area contributed by atoms with Crippen molar-refractivity contribution >= 4 is 33.0 Å². The molecule has 27 heavy (non-hydrogen) atoms. The summed E-state index contributed by atoms with van der Waals surface area (Å²) in [5, 5.41) is 10.3. The first-order valence-corrected chi connectivity index (χ1v) is 12.2. The molecular formula is C21H27NO3S2. The molecule has 0 spiro atoms. The summed E-state index contributed by atoms with van der Waals surface area (Å²) in [6, 6.07) is 13.2. The van der Waals surface area contributed by atoms with Gasteiger partial charge < -0.3 is 10.0 Å². The molecule has 4 nitrogen and oxygen atoms in total. The zero-order valence-corrected chi connectivity index (χ0v) is 17.7. The van der Waals surface area contributed by atoms with Gasteiger partial charge in [-0.05, 0) is 37.3 Å². The molecule has 1 atom stereocenters. The van der Waals surface area contributed by atoms with Gasteiger partial charge in [-0.3, -0.25) is 0 Å². The molecule has 0 amide bonds.